The van der Waals surface area contributed by atoms with Crippen LogP contribution in [0.5, 0.6) is 0 Å². The Morgan fingerprint density at radius 2 is 1.59 bits per heavy atom. The molecule has 0 atom stereocenters. The smallest absolute Gasteiger partial charge is 0.267 e. The van der Waals surface area contributed by atoms with E-state index in [0.29, 0.717) is 9.21 Å². The summed E-state index contributed by atoms with van der Waals surface area (Å²) in [7, 11) is 0. The Hall–Kier alpha value is -2.21. The molecule has 0 unspecified atom stereocenters. The molecule has 6 heteroatoms. The van der Waals surface area contributed by atoms with Crippen molar-refractivity contribution >= 4 is 46.8 Å². The van der Waals surface area contributed by atoms with Gasteiger partial charge in [-0.1, -0.05) is 41.9 Å². The number of carbonyl (C=O) groups is 2. The minimum Gasteiger partial charge on any atom is -0.288 e. The molecule has 0 aliphatic carbocycles. The van der Waals surface area contributed by atoms with Crippen molar-refractivity contribution in [1.29, 1.82) is 0 Å². The summed E-state index contributed by atoms with van der Waals surface area (Å²) in [5, 5.41) is 8.38. The monoisotopic (exact) mass is 333 g/mol. The standard InChI is InChI=1S/C16H12ClNO3S/c17-15-9-8-14(22-15)13(19)7-5-11-1-3-12(4-2-11)6-10-16(20)18-21/h1-10,21H,(H,18,20)/b7-5+,10-6+. The number of carbonyl (C=O) groups excluding carboxylic acids is 2. The maximum atomic E-state index is 11.9. The van der Waals surface area contributed by atoms with Gasteiger partial charge in [0.2, 0.25) is 0 Å². The number of allylic oxidation sites excluding steroid dienone is 1. The van der Waals surface area contributed by atoms with Crippen molar-refractivity contribution in [2.75, 3.05) is 0 Å². The third kappa shape index (κ3) is 4.66. The summed E-state index contributed by atoms with van der Waals surface area (Å²) in [6.07, 6.45) is 5.99. The zero-order valence-corrected chi connectivity index (χ0v) is 12.9. The fraction of sp³-hybridized carbons (Fsp3) is 0. The van der Waals surface area contributed by atoms with Crippen molar-refractivity contribution in [3.63, 3.8) is 0 Å². The molecule has 0 radical (unpaired) electrons. The first-order valence-electron chi connectivity index (χ1n) is 6.28. The molecule has 0 bridgehead atoms. The molecule has 112 valence electrons. The highest BCUT2D eigenvalue weighted by Crippen LogP contribution is 2.22. The van der Waals surface area contributed by atoms with Gasteiger partial charge in [-0.05, 0) is 35.4 Å². The van der Waals surface area contributed by atoms with Crippen molar-refractivity contribution in [1.82, 2.24) is 5.48 Å². The molecule has 0 aliphatic heterocycles. The van der Waals surface area contributed by atoms with Gasteiger partial charge < -0.3 is 0 Å². The Balaban J connectivity index is 2.02. The Morgan fingerprint density at radius 3 is 2.09 bits per heavy atom. The van der Waals surface area contributed by atoms with Crippen molar-refractivity contribution in [2.24, 2.45) is 0 Å². The molecule has 2 N–H and O–H groups in total. The van der Waals surface area contributed by atoms with Crippen LogP contribution in [0.25, 0.3) is 12.2 Å². The summed E-state index contributed by atoms with van der Waals surface area (Å²) in [6, 6.07) is 10.6. The Labute approximate surface area is 136 Å². The molecule has 1 aromatic carbocycles. The van der Waals surface area contributed by atoms with Gasteiger partial charge in [0.1, 0.15) is 0 Å². The molecule has 0 spiro atoms. The van der Waals surface area contributed by atoms with E-state index in [0.717, 1.165) is 11.1 Å². The van der Waals surface area contributed by atoms with E-state index in [9.17, 15) is 9.59 Å². The van der Waals surface area contributed by atoms with Crippen LogP contribution < -0.4 is 5.48 Å². The van der Waals surface area contributed by atoms with E-state index in [1.54, 1.807) is 36.4 Å². The maximum absolute atomic E-state index is 11.9. The molecule has 1 aromatic heterocycles. The van der Waals surface area contributed by atoms with Gasteiger partial charge in [0.15, 0.2) is 5.78 Å². The van der Waals surface area contributed by atoms with Gasteiger partial charge >= 0.3 is 0 Å². The molecule has 0 saturated carbocycles. The second kappa shape index (κ2) is 7.70. The number of benzene rings is 1. The lowest BCUT2D eigenvalue weighted by Gasteiger charge is -1.96. The zero-order valence-electron chi connectivity index (χ0n) is 11.3. The van der Waals surface area contributed by atoms with Crippen molar-refractivity contribution < 1.29 is 14.8 Å². The number of nitrogens with one attached hydrogen (secondary N) is 1. The third-order valence-corrected chi connectivity index (χ3v) is 3.96. The molecule has 4 nitrogen and oxygen atoms in total. The molecule has 22 heavy (non-hydrogen) atoms. The van der Waals surface area contributed by atoms with Crippen LogP contribution in [0.4, 0.5) is 0 Å². The summed E-state index contributed by atoms with van der Waals surface area (Å²) >= 11 is 7.04. The van der Waals surface area contributed by atoms with Crippen molar-refractivity contribution in [3.8, 4) is 0 Å². The average Bonchev–Trinajstić information content (AvgIpc) is 2.97. The minimum absolute atomic E-state index is 0.0968. The van der Waals surface area contributed by atoms with Crippen LogP contribution in [0.3, 0.4) is 0 Å². The predicted octanol–water partition coefficient (Wildman–Crippen LogP) is 3.82. The van der Waals surface area contributed by atoms with Crippen LogP contribution in [-0.2, 0) is 4.79 Å². The van der Waals surface area contributed by atoms with Crippen LogP contribution in [0.1, 0.15) is 20.8 Å². The van der Waals surface area contributed by atoms with Gasteiger partial charge in [0, 0.05) is 6.08 Å². The molecule has 1 amide bonds. The lowest BCUT2D eigenvalue weighted by Crippen LogP contribution is -2.14. The number of ketones is 1. The number of halogens is 1. The first-order chi connectivity index (χ1) is 10.6. The van der Waals surface area contributed by atoms with Crippen molar-refractivity contribution in [2.45, 2.75) is 0 Å². The number of hydrogen-bond donors (Lipinski definition) is 2. The number of hydroxylamine groups is 1. The Morgan fingerprint density at radius 1 is 1.00 bits per heavy atom. The van der Waals surface area contributed by atoms with E-state index in [1.165, 1.54) is 29.0 Å². The highest BCUT2D eigenvalue weighted by atomic mass is 35.5. The Bertz CT molecular complexity index is 732. The van der Waals surface area contributed by atoms with Gasteiger partial charge in [0.05, 0.1) is 9.21 Å². The van der Waals surface area contributed by atoms with Gasteiger partial charge in [-0.15, -0.1) is 11.3 Å². The summed E-state index contributed by atoms with van der Waals surface area (Å²) in [6.45, 7) is 0. The predicted molar refractivity (Wildman–Crippen MR) is 88.1 cm³/mol. The van der Waals surface area contributed by atoms with Gasteiger partial charge in [-0.2, -0.15) is 0 Å². The normalized spacial score (nSPS) is 11.2. The summed E-state index contributed by atoms with van der Waals surface area (Å²) in [4.78, 5) is 23.3. The quantitative estimate of drug-likeness (QED) is 0.378. The van der Waals surface area contributed by atoms with Crippen LogP contribution >= 0.6 is 22.9 Å². The Kier molecular flexibility index (Phi) is 5.66. The van der Waals surface area contributed by atoms with Gasteiger partial charge in [-0.25, -0.2) is 5.48 Å². The second-order valence-electron chi connectivity index (χ2n) is 4.28. The number of thiophene rings is 1. The van der Waals surface area contributed by atoms with E-state index >= 15 is 0 Å². The largest absolute Gasteiger partial charge is 0.288 e. The first kappa shape index (κ1) is 16.2. The van der Waals surface area contributed by atoms with E-state index in [4.69, 9.17) is 16.8 Å². The molecule has 2 rings (SSSR count). The highest BCUT2D eigenvalue weighted by molar-refractivity contribution is 7.18. The summed E-state index contributed by atoms with van der Waals surface area (Å²) < 4.78 is 0.583. The van der Waals surface area contributed by atoms with Crippen LogP contribution in [0.2, 0.25) is 4.34 Å². The summed E-state index contributed by atoms with van der Waals surface area (Å²) in [5.41, 5.74) is 3.18. The van der Waals surface area contributed by atoms with Crippen LogP contribution in [0.15, 0.2) is 48.6 Å². The molecule has 1 heterocycles. The fourth-order valence-electron chi connectivity index (χ4n) is 1.63. The maximum Gasteiger partial charge on any atom is 0.267 e. The number of amides is 1. The molecule has 0 aliphatic rings. The van der Waals surface area contributed by atoms with E-state index in [-0.39, 0.29) is 5.78 Å². The van der Waals surface area contributed by atoms with E-state index in [2.05, 4.69) is 0 Å². The first-order valence-corrected chi connectivity index (χ1v) is 7.48. The number of hydrogen-bond acceptors (Lipinski definition) is 4. The SMILES string of the molecule is O=C(/C=C/c1ccc(/C=C/C(=O)c2ccc(Cl)s2)cc1)NO. The van der Waals surface area contributed by atoms with E-state index in [1.807, 2.05) is 12.1 Å². The topological polar surface area (TPSA) is 66.4 Å². The zero-order chi connectivity index (χ0) is 15.9. The van der Waals surface area contributed by atoms with Crippen molar-refractivity contribution in [3.05, 3.63) is 68.9 Å². The molecule has 0 fully saturated rings. The minimum atomic E-state index is -0.593. The van der Waals surface area contributed by atoms with Crippen LogP contribution in [-0.4, -0.2) is 16.9 Å². The highest BCUT2D eigenvalue weighted by Gasteiger charge is 2.04. The third-order valence-electron chi connectivity index (χ3n) is 2.72. The number of rotatable bonds is 5. The van der Waals surface area contributed by atoms with E-state index < -0.39 is 5.91 Å². The molecule has 2 aromatic rings. The van der Waals surface area contributed by atoms with Crippen LogP contribution in [0, 0.1) is 0 Å². The lowest BCUT2D eigenvalue weighted by atomic mass is 10.1. The lowest BCUT2D eigenvalue weighted by molar-refractivity contribution is -0.124. The molecular weight excluding hydrogens is 322 g/mol. The molecular formula is C16H12ClNO3S. The van der Waals surface area contributed by atoms with Gasteiger partial charge in [0.25, 0.3) is 5.91 Å². The second-order valence-corrected chi connectivity index (χ2v) is 5.99. The summed E-state index contributed by atoms with van der Waals surface area (Å²) in [5.74, 6) is -0.690. The molecule has 0 saturated heterocycles. The average molecular weight is 334 g/mol. The fourth-order valence-corrected chi connectivity index (χ4v) is 2.59. The van der Waals surface area contributed by atoms with Gasteiger partial charge in [-0.3, -0.25) is 14.8 Å².